The van der Waals surface area contributed by atoms with Gasteiger partial charge in [0.15, 0.2) is 0 Å². The monoisotopic (exact) mass is 241 g/mol. The highest BCUT2D eigenvalue weighted by Crippen LogP contribution is 2.22. The fourth-order valence-electron chi connectivity index (χ4n) is 1.12. The van der Waals surface area contributed by atoms with Crippen LogP contribution >= 0.6 is 11.6 Å². The molecule has 0 aromatic carbocycles. The molecule has 1 aromatic rings. The molecule has 0 saturated heterocycles. The molecule has 2 N–H and O–H groups in total. The summed E-state index contributed by atoms with van der Waals surface area (Å²) in [6, 6.07) is 3.48. The Morgan fingerprint density at radius 2 is 2.50 bits per heavy atom. The minimum Gasteiger partial charge on any atom is -0.389 e. The van der Waals surface area contributed by atoms with Gasteiger partial charge >= 0.3 is 0 Å². The molecule has 0 amide bonds. The van der Waals surface area contributed by atoms with Crippen LogP contribution in [0.3, 0.4) is 0 Å². The zero-order valence-corrected chi connectivity index (χ0v) is 9.53. The van der Waals surface area contributed by atoms with Gasteiger partial charge in [-0.05, 0) is 6.07 Å². The lowest BCUT2D eigenvalue weighted by Crippen LogP contribution is -2.24. The summed E-state index contributed by atoms with van der Waals surface area (Å²) in [5, 5.41) is 21.3. The number of nitrogens with one attached hydrogen (secondary N) is 1. The van der Waals surface area contributed by atoms with Crippen molar-refractivity contribution in [2.24, 2.45) is 0 Å². The third-order valence-corrected chi connectivity index (χ3v) is 2.26. The molecule has 0 fully saturated rings. The summed E-state index contributed by atoms with van der Waals surface area (Å²) in [6.45, 7) is 0.484. The van der Waals surface area contributed by atoms with Gasteiger partial charge in [-0.3, -0.25) is 0 Å². The normalized spacial score (nSPS) is 11.9. The SMILES string of the molecule is COCC(O)CNc1nccc(C#N)c1Cl. The molecule has 0 aliphatic rings. The Hall–Kier alpha value is -1.35. The van der Waals surface area contributed by atoms with Gasteiger partial charge in [0.2, 0.25) is 0 Å². The highest BCUT2D eigenvalue weighted by atomic mass is 35.5. The molecular formula is C10H12ClN3O2. The lowest BCUT2D eigenvalue weighted by Gasteiger charge is -2.12. The van der Waals surface area contributed by atoms with Crippen LogP contribution in [0.2, 0.25) is 5.02 Å². The smallest absolute Gasteiger partial charge is 0.146 e. The van der Waals surface area contributed by atoms with E-state index in [0.29, 0.717) is 11.4 Å². The molecule has 16 heavy (non-hydrogen) atoms. The number of ether oxygens (including phenoxy) is 1. The molecule has 0 radical (unpaired) electrons. The van der Waals surface area contributed by atoms with Gasteiger partial charge in [0.05, 0.1) is 18.3 Å². The summed E-state index contributed by atoms with van der Waals surface area (Å²) in [7, 11) is 1.50. The predicted molar refractivity (Wildman–Crippen MR) is 60.3 cm³/mol. The maximum Gasteiger partial charge on any atom is 0.146 e. The van der Waals surface area contributed by atoms with Crippen LogP contribution in [0.5, 0.6) is 0 Å². The zero-order valence-electron chi connectivity index (χ0n) is 8.77. The number of hydrogen-bond acceptors (Lipinski definition) is 5. The Morgan fingerprint density at radius 1 is 1.75 bits per heavy atom. The van der Waals surface area contributed by atoms with Crippen LogP contribution in [0.25, 0.3) is 0 Å². The van der Waals surface area contributed by atoms with Crippen molar-refractivity contribution in [3.05, 3.63) is 22.8 Å². The lowest BCUT2D eigenvalue weighted by atomic mass is 10.3. The number of nitrogens with zero attached hydrogens (tertiary/aromatic N) is 2. The van der Waals surface area contributed by atoms with Crippen molar-refractivity contribution in [1.82, 2.24) is 4.98 Å². The molecule has 0 bridgehead atoms. The molecule has 86 valence electrons. The lowest BCUT2D eigenvalue weighted by molar-refractivity contribution is 0.0727. The van der Waals surface area contributed by atoms with Crippen LogP contribution in [-0.4, -0.2) is 36.5 Å². The molecule has 1 unspecified atom stereocenters. The van der Waals surface area contributed by atoms with Crippen molar-refractivity contribution < 1.29 is 9.84 Å². The predicted octanol–water partition coefficient (Wildman–Crippen LogP) is 1.03. The average molecular weight is 242 g/mol. The summed E-state index contributed by atoms with van der Waals surface area (Å²) < 4.78 is 4.77. The van der Waals surface area contributed by atoms with Crippen LogP contribution in [0, 0.1) is 11.3 Å². The molecule has 1 rings (SSSR count). The van der Waals surface area contributed by atoms with Crippen LogP contribution in [0.1, 0.15) is 5.56 Å². The summed E-state index contributed by atoms with van der Waals surface area (Å²) in [5.74, 6) is 0.385. The van der Waals surface area contributed by atoms with E-state index in [-0.39, 0.29) is 18.2 Å². The van der Waals surface area contributed by atoms with E-state index in [2.05, 4.69) is 10.3 Å². The number of hydrogen-bond donors (Lipinski definition) is 2. The number of rotatable bonds is 5. The summed E-state index contributed by atoms with van der Waals surface area (Å²) in [5.41, 5.74) is 0.348. The summed E-state index contributed by atoms with van der Waals surface area (Å²) >= 11 is 5.91. The van der Waals surface area contributed by atoms with Crippen molar-refractivity contribution >= 4 is 17.4 Å². The van der Waals surface area contributed by atoms with E-state index in [1.165, 1.54) is 19.4 Å². The molecular weight excluding hydrogens is 230 g/mol. The van der Waals surface area contributed by atoms with Crippen molar-refractivity contribution in [2.45, 2.75) is 6.10 Å². The van der Waals surface area contributed by atoms with Gasteiger partial charge in [0.25, 0.3) is 0 Å². The molecule has 0 aliphatic heterocycles. The maximum absolute atomic E-state index is 9.40. The van der Waals surface area contributed by atoms with Crippen molar-refractivity contribution in [2.75, 3.05) is 25.6 Å². The van der Waals surface area contributed by atoms with E-state index in [0.717, 1.165) is 0 Å². The Balaban J connectivity index is 2.64. The third-order valence-electron chi connectivity index (χ3n) is 1.87. The summed E-state index contributed by atoms with van der Waals surface area (Å²) in [4.78, 5) is 3.97. The molecule has 1 heterocycles. The number of anilines is 1. The standard InChI is InChI=1S/C10H12ClN3O2/c1-16-6-8(15)5-14-10-9(11)7(4-12)2-3-13-10/h2-3,8,15H,5-6H2,1H3,(H,13,14). The molecule has 0 saturated carbocycles. The third kappa shape index (κ3) is 3.35. The molecule has 0 spiro atoms. The van der Waals surface area contributed by atoms with Crippen LogP contribution in [0.15, 0.2) is 12.3 Å². The van der Waals surface area contributed by atoms with E-state index in [4.69, 9.17) is 21.6 Å². The number of halogens is 1. The topological polar surface area (TPSA) is 78.2 Å². The average Bonchev–Trinajstić information content (AvgIpc) is 2.28. The Kier molecular flexibility index (Phi) is 4.99. The summed E-state index contributed by atoms with van der Waals surface area (Å²) in [6.07, 6.45) is 0.837. The van der Waals surface area contributed by atoms with Gasteiger partial charge in [-0.1, -0.05) is 11.6 Å². The molecule has 5 nitrogen and oxygen atoms in total. The second-order valence-electron chi connectivity index (χ2n) is 3.12. The Morgan fingerprint density at radius 3 is 3.12 bits per heavy atom. The highest BCUT2D eigenvalue weighted by molar-refractivity contribution is 6.34. The first-order valence-electron chi connectivity index (χ1n) is 4.64. The number of nitriles is 1. The minimum absolute atomic E-state index is 0.225. The number of pyridine rings is 1. The van der Waals surface area contributed by atoms with Gasteiger partial charge in [-0.2, -0.15) is 5.26 Å². The second-order valence-corrected chi connectivity index (χ2v) is 3.50. The van der Waals surface area contributed by atoms with Crippen molar-refractivity contribution in [1.29, 1.82) is 5.26 Å². The molecule has 1 aromatic heterocycles. The number of aromatic nitrogens is 1. The number of methoxy groups -OCH3 is 1. The van der Waals surface area contributed by atoms with Gasteiger partial charge in [-0.25, -0.2) is 4.98 Å². The van der Waals surface area contributed by atoms with Crippen molar-refractivity contribution in [3.63, 3.8) is 0 Å². The first-order chi connectivity index (χ1) is 7.69. The van der Waals surface area contributed by atoms with E-state index >= 15 is 0 Å². The van der Waals surface area contributed by atoms with Gasteiger partial charge in [0.1, 0.15) is 16.9 Å². The van der Waals surface area contributed by atoms with E-state index in [1.54, 1.807) is 0 Å². The van der Waals surface area contributed by atoms with Crippen molar-refractivity contribution in [3.8, 4) is 6.07 Å². The van der Waals surface area contributed by atoms with Gasteiger partial charge in [-0.15, -0.1) is 0 Å². The molecule has 0 aliphatic carbocycles. The first kappa shape index (κ1) is 12.7. The molecule has 1 atom stereocenters. The van der Waals surface area contributed by atoms with E-state index in [9.17, 15) is 5.11 Å². The van der Waals surface area contributed by atoms with Crippen LogP contribution in [-0.2, 0) is 4.74 Å². The number of aliphatic hydroxyl groups excluding tert-OH is 1. The van der Waals surface area contributed by atoms with Gasteiger partial charge < -0.3 is 15.2 Å². The number of aliphatic hydroxyl groups is 1. The first-order valence-corrected chi connectivity index (χ1v) is 5.02. The second kappa shape index (κ2) is 6.28. The fourth-order valence-corrected chi connectivity index (χ4v) is 1.34. The van der Waals surface area contributed by atoms with Gasteiger partial charge in [0, 0.05) is 19.9 Å². The van der Waals surface area contributed by atoms with E-state index < -0.39 is 6.10 Å². The maximum atomic E-state index is 9.40. The Bertz CT molecular complexity index is 392. The molecule has 6 heteroatoms. The quantitative estimate of drug-likeness (QED) is 0.805. The van der Waals surface area contributed by atoms with Crippen LogP contribution < -0.4 is 5.32 Å². The fraction of sp³-hybridized carbons (Fsp3) is 0.400. The Labute approximate surface area is 98.6 Å². The van der Waals surface area contributed by atoms with Crippen LogP contribution in [0.4, 0.5) is 5.82 Å². The zero-order chi connectivity index (χ0) is 12.0. The minimum atomic E-state index is -0.645. The van der Waals surface area contributed by atoms with E-state index in [1.807, 2.05) is 6.07 Å². The highest BCUT2D eigenvalue weighted by Gasteiger charge is 2.09. The largest absolute Gasteiger partial charge is 0.389 e.